The van der Waals surface area contributed by atoms with Crippen LogP contribution in [0, 0.1) is 0 Å². The van der Waals surface area contributed by atoms with Crippen molar-refractivity contribution in [3.63, 3.8) is 0 Å². The second-order valence-corrected chi connectivity index (χ2v) is 5.90. The Morgan fingerprint density at radius 1 is 0.958 bits per heavy atom. The van der Waals surface area contributed by atoms with Crippen molar-refractivity contribution in [1.29, 1.82) is 0 Å². The van der Waals surface area contributed by atoms with Gasteiger partial charge in [0.05, 0.1) is 11.3 Å². The van der Waals surface area contributed by atoms with Crippen LogP contribution < -0.4 is 0 Å². The van der Waals surface area contributed by atoms with E-state index >= 15 is 0 Å². The van der Waals surface area contributed by atoms with Gasteiger partial charge in [0.2, 0.25) is 5.78 Å². The maximum Gasteiger partial charge on any atom is 0.460 e. The molecule has 2 nitrogen and oxygen atoms in total. The van der Waals surface area contributed by atoms with Gasteiger partial charge >= 0.3 is 18.0 Å². The molecule has 0 saturated heterocycles. The summed E-state index contributed by atoms with van der Waals surface area (Å²) in [5.74, 6) is -16.6. The molecule has 0 spiro atoms. The van der Waals surface area contributed by atoms with Crippen molar-refractivity contribution in [3.8, 4) is 0 Å². The molecule has 0 aliphatic heterocycles. The number of rotatable bonds is 5. The lowest BCUT2D eigenvalue weighted by Gasteiger charge is -2.26. The van der Waals surface area contributed by atoms with Gasteiger partial charge < -0.3 is 0 Å². The minimum Gasteiger partial charge on any atom is -0.293 e. The first-order valence-corrected chi connectivity index (χ1v) is 7.07. The van der Waals surface area contributed by atoms with Crippen LogP contribution in [-0.2, 0) is 4.79 Å². The molecule has 10 heteroatoms. The van der Waals surface area contributed by atoms with Crippen molar-refractivity contribution in [2.75, 3.05) is 0 Å². The molecule has 0 amide bonds. The van der Waals surface area contributed by atoms with E-state index in [4.69, 9.17) is 0 Å². The highest BCUT2D eigenvalue weighted by Crippen LogP contribution is 2.47. The molecule has 0 saturated carbocycles. The Hall–Kier alpha value is -1.97. The van der Waals surface area contributed by atoms with Crippen molar-refractivity contribution in [2.45, 2.75) is 24.4 Å². The van der Waals surface area contributed by atoms with Crippen LogP contribution >= 0.6 is 11.3 Å². The molecular weight excluding hydrogens is 365 g/mol. The molecule has 24 heavy (non-hydrogen) atoms. The fraction of sp³-hybridized carbons (Fsp3) is 0.286. The number of ketones is 2. The smallest absolute Gasteiger partial charge is 0.293 e. The van der Waals surface area contributed by atoms with Crippen molar-refractivity contribution in [1.82, 2.24) is 0 Å². The third kappa shape index (κ3) is 3.02. The Morgan fingerprint density at radius 2 is 1.54 bits per heavy atom. The molecule has 2 aromatic rings. The molecule has 0 atom stereocenters. The summed E-state index contributed by atoms with van der Waals surface area (Å²) in [6.45, 7) is 0. The van der Waals surface area contributed by atoms with Gasteiger partial charge in [-0.05, 0) is 17.5 Å². The number of thiophene rings is 1. The minimum atomic E-state index is -6.62. The molecule has 0 bridgehead atoms. The van der Waals surface area contributed by atoms with Gasteiger partial charge in [-0.3, -0.25) is 9.59 Å². The molecule has 0 unspecified atom stereocenters. The Morgan fingerprint density at radius 3 is 2.08 bits per heavy atom. The van der Waals surface area contributed by atoms with Crippen LogP contribution in [-0.4, -0.2) is 29.6 Å². The van der Waals surface area contributed by atoms with E-state index in [9.17, 15) is 40.3 Å². The van der Waals surface area contributed by atoms with E-state index in [0.717, 1.165) is 11.3 Å². The van der Waals surface area contributed by atoms with E-state index in [0.29, 0.717) is 10.1 Å². The summed E-state index contributed by atoms with van der Waals surface area (Å²) < 4.78 is 88.6. The maximum atomic E-state index is 13.2. The Bertz CT molecular complexity index is 759. The van der Waals surface area contributed by atoms with Gasteiger partial charge in [-0.15, -0.1) is 11.3 Å². The number of halogens is 7. The number of carbonyl (C=O) groups is 2. The van der Waals surface area contributed by atoms with Crippen LogP contribution in [0.5, 0.6) is 0 Å². The zero-order valence-electron chi connectivity index (χ0n) is 11.5. The molecule has 0 fully saturated rings. The number of carbonyl (C=O) groups excluding carboxylic acids is 2. The predicted octanol–water partition coefficient (Wildman–Crippen LogP) is 4.88. The highest BCUT2D eigenvalue weighted by atomic mass is 32.1. The lowest BCUT2D eigenvalue weighted by molar-refractivity contribution is -0.343. The summed E-state index contributed by atoms with van der Waals surface area (Å²) in [5, 5.41) is 0.547. The van der Waals surface area contributed by atoms with Gasteiger partial charge in [-0.1, -0.05) is 18.2 Å². The number of hydrogen-bond acceptors (Lipinski definition) is 3. The number of Topliss-reactive ketones (excluding diaryl/α,β-unsaturated/α-hetero) is 2. The fourth-order valence-electron chi connectivity index (χ4n) is 1.82. The van der Waals surface area contributed by atoms with Gasteiger partial charge in [0.15, 0.2) is 5.78 Å². The Labute approximate surface area is 133 Å². The average molecular weight is 372 g/mol. The second kappa shape index (κ2) is 5.83. The molecule has 0 aliphatic rings. The summed E-state index contributed by atoms with van der Waals surface area (Å²) in [5.41, 5.74) is 0. The number of hydrogen-bond donors (Lipinski definition) is 0. The molecule has 1 aromatic carbocycles. The fourth-order valence-corrected chi connectivity index (χ4v) is 2.82. The number of benzene rings is 1. The minimum absolute atomic E-state index is 0.185. The standard InChI is InChI=1S/C14H7F7O2S/c15-12(16,13(17,18)14(19,20)21)11(23)6-8(22)10-5-7-3-1-2-4-9(7)24-10/h1-5H,6H2. The van der Waals surface area contributed by atoms with E-state index < -0.39 is 36.0 Å². The number of fused-ring (bicyclic) bond motifs is 1. The van der Waals surface area contributed by atoms with E-state index in [1.807, 2.05) is 0 Å². The van der Waals surface area contributed by atoms with Crippen LogP contribution in [0.15, 0.2) is 30.3 Å². The van der Waals surface area contributed by atoms with Crippen LogP contribution in [0.4, 0.5) is 30.7 Å². The molecule has 0 N–H and O–H groups in total. The van der Waals surface area contributed by atoms with Gasteiger partial charge in [0, 0.05) is 4.70 Å². The lowest BCUT2D eigenvalue weighted by atomic mass is 10.0. The van der Waals surface area contributed by atoms with Crippen molar-refractivity contribution in [3.05, 3.63) is 35.2 Å². The van der Waals surface area contributed by atoms with E-state index in [-0.39, 0.29) is 4.88 Å². The highest BCUT2D eigenvalue weighted by molar-refractivity contribution is 7.20. The third-order valence-electron chi connectivity index (χ3n) is 3.12. The molecule has 2 rings (SSSR count). The lowest BCUT2D eigenvalue weighted by Crippen LogP contribution is -2.56. The summed E-state index contributed by atoms with van der Waals surface area (Å²) in [6, 6.07) is 7.65. The van der Waals surface area contributed by atoms with Crippen LogP contribution in [0.2, 0.25) is 0 Å². The molecular formula is C14H7F7O2S. The quantitative estimate of drug-likeness (QED) is 0.426. The molecule has 0 aliphatic carbocycles. The topological polar surface area (TPSA) is 34.1 Å². The SMILES string of the molecule is O=C(CC(=O)C(F)(F)C(F)(F)C(F)(F)F)c1cc2ccccc2s1. The first kappa shape index (κ1) is 18.4. The first-order chi connectivity index (χ1) is 10.9. The summed E-state index contributed by atoms with van der Waals surface area (Å²) >= 11 is 0.815. The van der Waals surface area contributed by atoms with E-state index in [1.54, 1.807) is 24.3 Å². The molecule has 1 heterocycles. The van der Waals surface area contributed by atoms with Gasteiger partial charge in [0.1, 0.15) is 0 Å². The summed E-state index contributed by atoms with van der Waals surface area (Å²) in [4.78, 5) is 22.8. The van der Waals surface area contributed by atoms with Crippen LogP contribution in [0.25, 0.3) is 10.1 Å². The Balaban J connectivity index is 2.23. The normalized spacial score (nSPS) is 13.3. The number of alkyl halides is 7. The van der Waals surface area contributed by atoms with Gasteiger partial charge in [-0.2, -0.15) is 30.7 Å². The molecule has 0 radical (unpaired) electrons. The highest BCUT2D eigenvalue weighted by Gasteiger charge is 2.75. The van der Waals surface area contributed by atoms with Gasteiger partial charge in [-0.25, -0.2) is 0 Å². The monoisotopic (exact) mass is 372 g/mol. The van der Waals surface area contributed by atoms with Crippen molar-refractivity contribution < 1.29 is 40.3 Å². The second-order valence-electron chi connectivity index (χ2n) is 4.82. The van der Waals surface area contributed by atoms with Crippen molar-refractivity contribution in [2.24, 2.45) is 0 Å². The average Bonchev–Trinajstić information content (AvgIpc) is 2.89. The zero-order valence-corrected chi connectivity index (χ0v) is 12.3. The van der Waals surface area contributed by atoms with Crippen molar-refractivity contribution >= 4 is 33.0 Å². The molecule has 1 aromatic heterocycles. The van der Waals surface area contributed by atoms with Crippen LogP contribution in [0.3, 0.4) is 0 Å². The largest absolute Gasteiger partial charge is 0.460 e. The van der Waals surface area contributed by atoms with Gasteiger partial charge in [0.25, 0.3) is 0 Å². The zero-order chi connectivity index (χ0) is 18.3. The first-order valence-electron chi connectivity index (χ1n) is 6.25. The Kier molecular flexibility index (Phi) is 4.47. The molecule has 130 valence electrons. The predicted molar refractivity (Wildman–Crippen MR) is 71.7 cm³/mol. The summed E-state index contributed by atoms with van der Waals surface area (Å²) in [7, 11) is 0. The maximum absolute atomic E-state index is 13.2. The summed E-state index contributed by atoms with van der Waals surface area (Å²) in [6.07, 6.45) is -8.38. The van der Waals surface area contributed by atoms with E-state index in [1.165, 1.54) is 6.07 Å². The third-order valence-corrected chi connectivity index (χ3v) is 4.28. The van der Waals surface area contributed by atoms with Crippen LogP contribution in [0.1, 0.15) is 16.1 Å². The van der Waals surface area contributed by atoms with E-state index in [2.05, 4.69) is 0 Å².